The van der Waals surface area contributed by atoms with E-state index in [1.54, 1.807) is 7.22 Å². The third kappa shape index (κ3) is 4.03. The predicted molar refractivity (Wildman–Crippen MR) is 106 cm³/mol. The van der Waals surface area contributed by atoms with Crippen molar-refractivity contribution < 1.29 is 0 Å². The third-order valence-corrected chi connectivity index (χ3v) is 8.97. The zero-order valence-corrected chi connectivity index (χ0v) is 17.9. The van der Waals surface area contributed by atoms with Crippen molar-refractivity contribution in [1.29, 1.82) is 0 Å². The summed E-state index contributed by atoms with van der Waals surface area (Å²) < 4.78 is 3.18. The van der Waals surface area contributed by atoms with Crippen molar-refractivity contribution in [1.82, 2.24) is 0 Å². The topological polar surface area (TPSA) is 6.48 Å². The minimum atomic E-state index is -0.373. The van der Waals surface area contributed by atoms with Gasteiger partial charge in [0.15, 0.2) is 0 Å². The van der Waals surface area contributed by atoms with Gasteiger partial charge in [-0.3, -0.25) is 0 Å². The summed E-state index contributed by atoms with van der Waals surface area (Å²) in [6.07, 6.45) is 0. The van der Waals surface area contributed by atoms with E-state index in [0.717, 1.165) is 0 Å². The summed E-state index contributed by atoms with van der Waals surface area (Å²) in [5.41, 5.74) is 8.34. The molecule has 0 saturated heterocycles. The number of aryl methyl sites for hydroxylation is 4. The minimum absolute atomic E-state index is 0.373. The summed E-state index contributed by atoms with van der Waals surface area (Å²) >= 11 is -0.373. The van der Waals surface area contributed by atoms with Gasteiger partial charge in [0, 0.05) is 0 Å². The van der Waals surface area contributed by atoms with Crippen LogP contribution in [0.25, 0.3) is 0 Å². The van der Waals surface area contributed by atoms with Crippen molar-refractivity contribution in [3.05, 3.63) is 46.5 Å². The molecule has 0 radical (unpaired) electrons. The predicted octanol–water partition coefficient (Wildman–Crippen LogP) is 2.71. The monoisotopic (exact) mass is 426 g/mol. The van der Waals surface area contributed by atoms with Crippen LogP contribution in [-0.4, -0.2) is 49.1 Å². The molecular weight excluding hydrogens is 396 g/mol. The normalized spacial score (nSPS) is 10.8. The van der Waals surface area contributed by atoms with Gasteiger partial charge >= 0.3 is 152 Å². The molecule has 2 aromatic carbocycles. The van der Waals surface area contributed by atoms with E-state index < -0.39 is 0 Å². The van der Waals surface area contributed by atoms with Crippen LogP contribution >= 0.6 is 0 Å². The maximum absolute atomic E-state index is 2.33. The molecule has 0 saturated carbocycles. The average molecular weight is 424 g/mol. The SMILES string of the molecule is Cc1cc(N(C)C)cc(C)c1[Te]c1c(C)cc(N(C)C)cc1C. The fourth-order valence-electron chi connectivity index (χ4n) is 2.80. The molecule has 2 aromatic rings. The Balaban J connectivity index is 2.44. The Kier molecular flexibility index (Phi) is 5.65. The Hall–Kier alpha value is -1.17. The Morgan fingerprint density at radius 1 is 0.565 bits per heavy atom. The van der Waals surface area contributed by atoms with E-state index >= 15 is 0 Å². The van der Waals surface area contributed by atoms with Crippen molar-refractivity contribution in [2.24, 2.45) is 0 Å². The second kappa shape index (κ2) is 7.16. The Bertz CT molecular complexity index is 610. The van der Waals surface area contributed by atoms with E-state index in [9.17, 15) is 0 Å². The number of anilines is 2. The molecule has 0 aliphatic rings. The summed E-state index contributed by atoms with van der Waals surface area (Å²) in [7, 11) is 8.44. The quantitative estimate of drug-likeness (QED) is 0.697. The Morgan fingerprint density at radius 2 is 0.826 bits per heavy atom. The number of hydrogen-bond donors (Lipinski definition) is 0. The molecule has 0 aliphatic heterocycles. The average Bonchev–Trinajstić information content (AvgIpc) is 2.44. The first-order valence-corrected chi connectivity index (χ1v) is 10.3. The van der Waals surface area contributed by atoms with Crippen LogP contribution in [0.2, 0.25) is 0 Å². The molecule has 0 aliphatic carbocycles. The van der Waals surface area contributed by atoms with Crippen molar-refractivity contribution in [3.8, 4) is 0 Å². The molecule has 2 nitrogen and oxygen atoms in total. The summed E-state index contributed by atoms with van der Waals surface area (Å²) in [5, 5.41) is 0. The molecule has 0 spiro atoms. The van der Waals surface area contributed by atoms with Crippen LogP contribution in [0.1, 0.15) is 22.3 Å². The van der Waals surface area contributed by atoms with Gasteiger partial charge in [-0.25, -0.2) is 0 Å². The van der Waals surface area contributed by atoms with E-state index in [-0.39, 0.29) is 20.9 Å². The van der Waals surface area contributed by atoms with Crippen LogP contribution in [0.3, 0.4) is 0 Å². The van der Waals surface area contributed by atoms with Gasteiger partial charge in [-0.2, -0.15) is 0 Å². The second-order valence-corrected chi connectivity index (χ2v) is 9.62. The first kappa shape index (κ1) is 18.2. The van der Waals surface area contributed by atoms with Crippen molar-refractivity contribution in [2.45, 2.75) is 27.7 Å². The van der Waals surface area contributed by atoms with Gasteiger partial charge in [0.25, 0.3) is 0 Å². The van der Waals surface area contributed by atoms with Crippen LogP contribution in [0.15, 0.2) is 24.3 Å². The number of nitrogens with zero attached hydrogens (tertiary/aromatic N) is 2. The van der Waals surface area contributed by atoms with Gasteiger partial charge in [0.2, 0.25) is 0 Å². The van der Waals surface area contributed by atoms with E-state index in [4.69, 9.17) is 0 Å². The molecular formula is C20H28N2Te. The molecule has 0 amide bonds. The van der Waals surface area contributed by atoms with Crippen LogP contribution in [0.4, 0.5) is 11.4 Å². The molecule has 0 atom stereocenters. The fourth-order valence-corrected chi connectivity index (χ4v) is 5.89. The van der Waals surface area contributed by atoms with E-state index in [2.05, 4.69) is 90.0 Å². The Labute approximate surface area is 151 Å². The maximum atomic E-state index is 2.33. The van der Waals surface area contributed by atoms with Crippen molar-refractivity contribution >= 4 is 39.5 Å². The summed E-state index contributed by atoms with van der Waals surface area (Å²) in [4.78, 5) is 4.37. The number of benzene rings is 2. The van der Waals surface area contributed by atoms with Gasteiger partial charge in [0.05, 0.1) is 0 Å². The molecule has 0 bridgehead atoms. The first-order valence-electron chi connectivity index (χ1n) is 7.95. The molecule has 0 unspecified atom stereocenters. The van der Waals surface area contributed by atoms with Crippen LogP contribution in [-0.2, 0) is 0 Å². The Morgan fingerprint density at radius 3 is 1.04 bits per heavy atom. The molecule has 0 fully saturated rings. The zero-order chi connectivity index (χ0) is 17.3. The molecule has 0 N–H and O–H groups in total. The molecule has 0 aromatic heterocycles. The second-order valence-electron chi connectivity index (χ2n) is 6.71. The fraction of sp³-hybridized carbons (Fsp3) is 0.400. The molecule has 2 rings (SSSR count). The van der Waals surface area contributed by atoms with Crippen LogP contribution in [0, 0.1) is 27.7 Å². The van der Waals surface area contributed by atoms with E-state index in [0.29, 0.717) is 0 Å². The van der Waals surface area contributed by atoms with E-state index in [1.165, 1.54) is 33.6 Å². The number of hydrogen-bond acceptors (Lipinski definition) is 2. The van der Waals surface area contributed by atoms with Gasteiger partial charge in [-0.1, -0.05) is 0 Å². The van der Waals surface area contributed by atoms with Crippen LogP contribution in [0.5, 0.6) is 0 Å². The van der Waals surface area contributed by atoms with Crippen molar-refractivity contribution in [3.63, 3.8) is 0 Å². The van der Waals surface area contributed by atoms with Gasteiger partial charge in [0.1, 0.15) is 0 Å². The van der Waals surface area contributed by atoms with Gasteiger partial charge in [-0.15, -0.1) is 0 Å². The molecule has 3 heteroatoms. The van der Waals surface area contributed by atoms with Crippen LogP contribution < -0.4 is 17.0 Å². The third-order valence-electron chi connectivity index (χ3n) is 4.13. The van der Waals surface area contributed by atoms with Gasteiger partial charge in [-0.05, 0) is 0 Å². The summed E-state index contributed by atoms with van der Waals surface area (Å²) in [5.74, 6) is 0. The zero-order valence-electron chi connectivity index (χ0n) is 15.6. The molecule has 23 heavy (non-hydrogen) atoms. The van der Waals surface area contributed by atoms with E-state index in [1.807, 2.05) is 0 Å². The number of rotatable bonds is 4. The standard InChI is InChI=1S/C20H28N2Te/c1-13-9-17(21(5)6)10-14(2)19(13)23-20-15(3)11-18(22(7)8)12-16(20)4/h9-12H,1-8H3. The van der Waals surface area contributed by atoms with Crippen molar-refractivity contribution in [2.75, 3.05) is 38.0 Å². The van der Waals surface area contributed by atoms with Gasteiger partial charge < -0.3 is 0 Å². The first-order chi connectivity index (χ1) is 10.7. The summed E-state index contributed by atoms with van der Waals surface area (Å²) in [6, 6.07) is 9.30. The molecule has 124 valence electrons. The molecule has 0 heterocycles. The summed E-state index contributed by atoms with van der Waals surface area (Å²) in [6.45, 7) is 9.05.